The van der Waals surface area contributed by atoms with Crippen LogP contribution in [-0.4, -0.2) is 32.0 Å². The Kier molecular flexibility index (Phi) is 3.83. The number of carbonyl (C=O) groups is 1. The summed E-state index contributed by atoms with van der Waals surface area (Å²) >= 11 is 0. The van der Waals surface area contributed by atoms with Crippen LogP contribution in [0.4, 0.5) is 0 Å². The fraction of sp³-hybridized carbons (Fsp3) is 0.294. The van der Waals surface area contributed by atoms with Crippen LogP contribution in [0.5, 0.6) is 11.5 Å². The van der Waals surface area contributed by atoms with Crippen molar-refractivity contribution in [1.82, 2.24) is 24.6 Å². The summed E-state index contributed by atoms with van der Waals surface area (Å²) in [6.07, 6.45) is 1.37. The van der Waals surface area contributed by atoms with Gasteiger partial charge in [0.25, 0.3) is 5.56 Å². The molecule has 3 aromatic rings. The molecule has 0 saturated carbocycles. The fourth-order valence-corrected chi connectivity index (χ4v) is 2.93. The molecule has 4 rings (SSSR count). The van der Waals surface area contributed by atoms with Gasteiger partial charge in [0, 0.05) is 13.6 Å². The predicted molar refractivity (Wildman–Crippen MR) is 91.9 cm³/mol. The van der Waals surface area contributed by atoms with Crippen LogP contribution in [-0.2, 0) is 24.9 Å². The van der Waals surface area contributed by atoms with Crippen LogP contribution in [0.1, 0.15) is 11.3 Å². The number of ether oxygens (including phenoxy) is 2. The van der Waals surface area contributed by atoms with Gasteiger partial charge in [-0.15, -0.1) is 0 Å². The summed E-state index contributed by atoms with van der Waals surface area (Å²) in [5, 5.41) is 6.98. The summed E-state index contributed by atoms with van der Waals surface area (Å²) in [5.74, 6) is 1.07. The van der Waals surface area contributed by atoms with Gasteiger partial charge in [-0.25, -0.2) is 4.98 Å². The Morgan fingerprint density at radius 2 is 2.12 bits per heavy atom. The van der Waals surface area contributed by atoms with Gasteiger partial charge in [0.1, 0.15) is 12.1 Å². The molecule has 0 radical (unpaired) electrons. The maximum atomic E-state index is 12.6. The summed E-state index contributed by atoms with van der Waals surface area (Å²) in [5.41, 5.74) is 2.20. The van der Waals surface area contributed by atoms with Crippen LogP contribution >= 0.6 is 0 Å². The molecule has 1 amide bonds. The third-order valence-corrected chi connectivity index (χ3v) is 4.22. The van der Waals surface area contributed by atoms with Crippen LogP contribution < -0.4 is 20.3 Å². The van der Waals surface area contributed by atoms with E-state index < -0.39 is 0 Å². The van der Waals surface area contributed by atoms with Gasteiger partial charge in [-0.1, -0.05) is 6.07 Å². The molecule has 1 N–H and O–H groups in total. The molecular formula is C17H17N5O4. The molecule has 0 atom stereocenters. The maximum absolute atomic E-state index is 12.6. The molecule has 0 unspecified atom stereocenters. The van der Waals surface area contributed by atoms with E-state index in [0.29, 0.717) is 34.8 Å². The zero-order valence-corrected chi connectivity index (χ0v) is 14.4. The van der Waals surface area contributed by atoms with E-state index in [2.05, 4.69) is 15.4 Å². The van der Waals surface area contributed by atoms with Gasteiger partial charge in [0.05, 0.1) is 12.0 Å². The van der Waals surface area contributed by atoms with Gasteiger partial charge in [0.2, 0.25) is 12.7 Å². The average molecular weight is 355 g/mol. The Labute approximate surface area is 148 Å². The van der Waals surface area contributed by atoms with Crippen LogP contribution in [0.2, 0.25) is 0 Å². The van der Waals surface area contributed by atoms with Gasteiger partial charge >= 0.3 is 0 Å². The Morgan fingerprint density at radius 3 is 2.96 bits per heavy atom. The third kappa shape index (κ3) is 2.77. The van der Waals surface area contributed by atoms with Gasteiger partial charge in [-0.05, 0) is 24.6 Å². The highest BCUT2D eigenvalue weighted by Crippen LogP contribution is 2.32. The van der Waals surface area contributed by atoms with Crippen LogP contribution in [0, 0.1) is 6.92 Å². The monoisotopic (exact) mass is 355 g/mol. The quantitative estimate of drug-likeness (QED) is 0.731. The van der Waals surface area contributed by atoms with Crippen LogP contribution in [0.15, 0.2) is 29.3 Å². The number of rotatable bonds is 4. The largest absolute Gasteiger partial charge is 0.454 e. The zero-order chi connectivity index (χ0) is 18.3. The number of amides is 1. The maximum Gasteiger partial charge on any atom is 0.279 e. The number of aromatic nitrogens is 4. The minimum Gasteiger partial charge on any atom is -0.454 e. The first-order chi connectivity index (χ1) is 12.5. The number of fused-ring (bicyclic) bond motifs is 2. The first-order valence-corrected chi connectivity index (χ1v) is 8.07. The molecular weight excluding hydrogens is 338 g/mol. The highest BCUT2D eigenvalue weighted by atomic mass is 16.7. The number of benzene rings is 1. The molecule has 9 nitrogen and oxygen atoms in total. The number of hydrogen-bond donors (Lipinski definition) is 1. The van der Waals surface area contributed by atoms with Crippen LogP contribution in [0.3, 0.4) is 0 Å². The molecule has 0 fully saturated rings. The van der Waals surface area contributed by atoms with Crippen molar-refractivity contribution in [2.24, 2.45) is 7.05 Å². The van der Waals surface area contributed by atoms with E-state index in [-0.39, 0.29) is 24.8 Å². The van der Waals surface area contributed by atoms with Crippen molar-refractivity contribution in [3.8, 4) is 11.5 Å². The molecule has 1 aliphatic heterocycles. The van der Waals surface area contributed by atoms with E-state index in [1.807, 2.05) is 12.1 Å². The van der Waals surface area contributed by atoms with Gasteiger partial charge in [-0.2, -0.15) is 5.10 Å². The molecule has 9 heteroatoms. The number of aryl methyl sites for hydroxylation is 2. The molecule has 0 aliphatic carbocycles. The second-order valence-electron chi connectivity index (χ2n) is 6.05. The highest BCUT2D eigenvalue weighted by molar-refractivity contribution is 5.78. The molecule has 0 saturated heterocycles. The Morgan fingerprint density at radius 1 is 1.31 bits per heavy atom. The minimum atomic E-state index is -0.295. The van der Waals surface area contributed by atoms with Crippen molar-refractivity contribution in [2.75, 3.05) is 6.79 Å². The second kappa shape index (κ2) is 6.17. The SMILES string of the molecule is Cc1nn(C)c2c(=O)n(CC(=O)NCc3ccc4c(c3)OCO4)cnc12. The van der Waals surface area contributed by atoms with Crippen molar-refractivity contribution < 1.29 is 14.3 Å². The summed E-state index contributed by atoms with van der Waals surface area (Å²) in [4.78, 5) is 29.0. The van der Waals surface area contributed by atoms with Crippen molar-refractivity contribution in [3.63, 3.8) is 0 Å². The molecule has 26 heavy (non-hydrogen) atoms. The lowest BCUT2D eigenvalue weighted by Gasteiger charge is -2.08. The summed E-state index contributed by atoms with van der Waals surface area (Å²) in [7, 11) is 1.68. The summed E-state index contributed by atoms with van der Waals surface area (Å²) < 4.78 is 13.3. The smallest absolute Gasteiger partial charge is 0.279 e. The number of nitrogens with one attached hydrogen (secondary N) is 1. The fourth-order valence-electron chi connectivity index (χ4n) is 2.93. The molecule has 0 spiro atoms. The molecule has 1 aliphatic rings. The second-order valence-corrected chi connectivity index (χ2v) is 6.05. The van der Waals surface area contributed by atoms with Crippen LogP contribution in [0.25, 0.3) is 11.0 Å². The van der Waals surface area contributed by atoms with Crippen molar-refractivity contribution >= 4 is 16.9 Å². The van der Waals surface area contributed by atoms with Crippen molar-refractivity contribution in [1.29, 1.82) is 0 Å². The van der Waals surface area contributed by atoms with Gasteiger partial charge in [0.15, 0.2) is 17.0 Å². The van der Waals surface area contributed by atoms with E-state index in [1.54, 1.807) is 20.0 Å². The van der Waals surface area contributed by atoms with Crippen molar-refractivity contribution in [2.45, 2.75) is 20.0 Å². The normalized spacial score (nSPS) is 12.5. The summed E-state index contributed by atoms with van der Waals surface area (Å²) in [6.45, 7) is 2.20. The lowest BCUT2D eigenvalue weighted by atomic mass is 10.2. The molecule has 2 aromatic heterocycles. The number of hydrogen-bond acceptors (Lipinski definition) is 6. The predicted octanol–water partition coefficient (Wildman–Crippen LogP) is 0.484. The number of nitrogens with zero attached hydrogens (tertiary/aromatic N) is 4. The van der Waals surface area contributed by atoms with E-state index in [0.717, 1.165) is 5.56 Å². The van der Waals surface area contributed by atoms with Crippen molar-refractivity contribution in [3.05, 3.63) is 46.1 Å². The van der Waals surface area contributed by atoms with E-state index in [1.165, 1.54) is 15.6 Å². The molecule has 3 heterocycles. The lowest BCUT2D eigenvalue weighted by molar-refractivity contribution is -0.121. The molecule has 0 bridgehead atoms. The minimum absolute atomic E-state index is 0.115. The Balaban J connectivity index is 1.47. The molecule has 134 valence electrons. The Hall–Kier alpha value is -3.36. The summed E-state index contributed by atoms with van der Waals surface area (Å²) in [6, 6.07) is 5.48. The standard InChI is InChI=1S/C17H17N5O4/c1-10-15-16(21(2)20-10)17(24)22(8-19-15)7-14(23)18-6-11-3-4-12-13(5-11)26-9-25-12/h3-5,8H,6-7,9H2,1-2H3,(H,18,23). The van der Waals surface area contributed by atoms with Gasteiger partial charge < -0.3 is 14.8 Å². The number of carbonyl (C=O) groups excluding carboxylic acids is 1. The Bertz CT molecular complexity index is 1070. The van der Waals surface area contributed by atoms with E-state index in [9.17, 15) is 9.59 Å². The first-order valence-electron chi connectivity index (χ1n) is 8.07. The molecule has 1 aromatic carbocycles. The third-order valence-electron chi connectivity index (χ3n) is 4.22. The highest BCUT2D eigenvalue weighted by Gasteiger charge is 2.15. The van der Waals surface area contributed by atoms with Gasteiger partial charge in [-0.3, -0.25) is 18.8 Å². The zero-order valence-electron chi connectivity index (χ0n) is 14.4. The average Bonchev–Trinajstić information content (AvgIpc) is 3.19. The lowest BCUT2D eigenvalue weighted by Crippen LogP contribution is -2.32. The van der Waals surface area contributed by atoms with E-state index in [4.69, 9.17) is 9.47 Å². The van der Waals surface area contributed by atoms with E-state index >= 15 is 0 Å². The first kappa shape index (κ1) is 16.1. The topological polar surface area (TPSA) is 100 Å².